The smallest absolute Gasteiger partial charge is 0.325 e. The van der Waals surface area contributed by atoms with Gasteiger partial charge in [-0.05, 0) is 48.5 Å². The lowest BCUT2D eigenvalue weighted by Crippen LogP contribution is -2.35. The second-order valence-corrected chi connectivity index (χ2v) is 8.22. The maximum Gasteiger partial charge on any atom is 0.325 e. The number of anilines is 1. The number of nitrogens with zero attached hydrogens (tertiary/aromatic N) is 2. The van der Waals surface area contributed by atoms with Gasteiger partial charge in [0.15, 0.2) is 5.16 Å². The van der Waals surface area contributed by atoms with Crippen LogP contribution in [-0.4, -0.2) is 41.5 Å². The zero-order valence-corrected chi connectivity index (χ0v) is 19.8. The predicted molar refractivity (Wildman–Crippen MR) is 135 cm³/mol. The van der Waals surface area contributed by atoms with Gasteiger partial charge >= 0.3 is 6.03 Å². The lowest BCUT2D eigenvalue weighted by atomic mass is 10.2. The van der Waals surface area contributed by atoms with Gasteiger partial charge in [-0.3, -0.25) is 19.5 Å². The van der Waals surface area contributed by atoms with E-state index < -0.39 is 11.9 Å². The number of para-hydroxylation sites is 1. The number of nitrogens with one attached hydrogen (secondary N) is 2. The van der Waals surface area contributed by atoms with Crippen molar-refractivity contribution in [3.05, 3.63) is 83.2 Å². The van der Waals surface area contributed by atoms with Crippen LogP contribution >= 0.6 is 11.8 Å². The monoisotopic (exact) mass is 490 g/mol. The molecule has 10 heteroatoms. The number of carbonyl (C=O) groups is 2. The van der Waals surface area contributed by atoms with E-state index in [1.807, 2.05) is 0 Å². The van der Waals surface area contributed by atoms with E-state index in [9.17, 15) is 14.4 Å². The molecular formula is C25H22N4O5S. The minimum absolute atomic E-state index is 0.134. The molecule has 4 aromatic rings. The van der Waals surface area contributed by atoms with Crippen LogP contribution in [-0.2, 0) is 4.79 Å². The summed E-state index contributed by atoms with van der Waals surface area (Å²) in [5.41, 5.74) is 1.29. The van der Waals surface area contributed by atoms with Gasteiger partial charge in [0.25, 0.3) is 5.56 Å². The lowest BCUT2D eigenvalue weighted by Gasteiger charge is -2.14. The molecule has 0 atom stereocenters. The van der Waals surface area contributed by atoms with Crippen molar-refractivity contribution in [2.24, 2.45) is 0 Å². The maximum absolute atomic E-state index is 13.3. The van der Waals surface area contributed by atoms with Crippen molar-refractivity contribution in [3.63, 3.8) is 0 Å². The molecule has 0 aliphatic rings. The summed E-state index contributed by atoms with van der Waals surface area (Å²) >= 11 is 1.05. The van der Waals surface area contributed by atoms with Crippen molar-refractivity contribution in [2.45, 2.75) is 5.16 Å². The van der Waals surface area contributed by atoms with Gasteiger partial charge < -0.3 is 14.8 Å². The number of carbonyl (C=O) groups excluding carboxylic acids is 2. The first-order chi connectivity index (χ1) is 17.0. The van der Waals surface area contributed by atoms with E-state index in [-0.39, 0.29) is 11.3 Å². The van der Waals surface area contributed by atoms with E-state index in [0.717, 1.165) is 11.8 Å². The van der Waals surface area contributed by atoms with E-state index in [2.05, 4.69) is 15.6 Å². The van der Waals surface area contributed by atoms with Crippen LogP contribution in [0, 0.1) is 0 Å². The number of urea groups is 1. The Morgan fingerprint density at radius 1 is 0.943 bits per heavy atom. The number of fused-ring (bicyclic) bond motifs is 1. The van der Waals surface area contributed by atoms with E-state index in [0.29, 0.717) is 38.9 Å². The summed E-state index contributed by atoms with van der Waals surface area (Å²) < 4.78 is 11.8. The highest BCUT2D eigenvalue weighted by atomic mass is 32.2. The van der Waals surface area contributed by atoms with Gasteiger partial charge in [0.05, 0.1) is 36.6 Å². The number of amides is 3. The number of methoxy groups -OCH3 is 2. The Labute approximate surface area is 205 Å². The molecule has 4 rings (SSSR count). The van der Waals surface area contributed by atoms with Crippen LogP contribution < -0.4 is 25.7 Å². The Hall–Kier alpha value is -4.31. The zero-order chi connectivity index (χ0) is 24.8. The number of benzene rings is 3. The van der Waals surface area contributed by atoms with Crippen molar-refractivity contribution in [2.75, 3.05) is 25.3 Å². The van der Waals surface area contributed by atoms with E-state index >= 15 is 0 Å². The molecule has 0 fully saturated rings. The van der Waals surface area contributed by atoms with Crippen LogP contribution in [0.15, 0.2) is 82.7 Å². The highest BCUT2D eigenvalue weighted by molar-refractivity contribution is 7.99. The van der Waals surface area contributed by atoms with Gasteiger partial charge in [-0.15, -0.1) is 0 Å². The molecule has 0 saturated carbocycles. The Balaban J connectivity index is 1.53. The average molecular weight is 491 g/mol. The quantitative estimate of drug-likeness (QED) is 0.299. The number of aromatic nitrogens is 2. The first kappa shape index (κ1) is 23.8. The summed E-state index contributed by atoms with van der Waals surface area (Å²) in [4.78, 5) is 42.6. The summed E-state index contributed by atoms with van der Waals surface area (Å²) in [5, 5.41) is 5.63. The SMILES string of the molecule is COc1ccc(NC(=O)NC(=O)CSc2nc3ccccc3c(=O)n2-c2cccc(OC)c2)cc1. The molecule has 0 saturated heterocycles. The van der Waals surface area contributed by atoms with Crippen LogP contribution in [0.2, 0.25) is 0 Å². The number of hydrogen-bond donors (Lipinski definition) is 2. The third-order valence-electron chi connectivity index (χ3n) is 4.99. The fourth-order valence-electron chi connectivity index (χ4n) is 3.32. The second-order valence-electron chi connectivity index (χ2n) is 7.27. The van der Waals surface area contributed by atoms with Gasteiger partial charge in [-0.2, -0.15) is 0 Å². The molecule has 0 aliphatic carbocycles. The summed E-state index contributed by atoms with van der Waals surface area (Å²) in [7, 11) is 3.08. The summed E-state index contributed by atoms with van der Waals surface area (Å²) in [6.07, 6.45) is 0. The largest absolute Gasteiger partial charge is 0.497 e. The van der Waals surface area contributed by atoms with Crippen molar-refractivity contribution >= 4 is 40.3 Å². The van der Waals surface area contributed by atoms with Crippen molar-refractivity contribution in [1.82, 2.24) is 14.9 Å². The number of ether oxygens (including phenoxy) is 2. The standard InChI is InChI=1S/C25H22N4O5S/c1-33-18-12-10-16(11-13-18)26-24(32)28-22(30)15-35-25-27-21-9-4-3-8-20(21)23(31)29(25)17-6-5-7-19(14-17)34-2/h3-14H,15H2,1-2H3,(H2,26,28,30,32). The molecule has 0 spiro atoms. The van der Waals surface area contributed by atoms with Crippen LogP contribution in [0.1, 0.15) is 0 Å². The molecule has 3 amide bonds. The van der Waals surface area contributed by atoms with Crippen molar-refractivity contribution < 1.29 is 19.1 Å². The Morgan fingerprint density at radius 2 is 1.69 bits per heavy atom. The molecule has 2 N–H and O–H groups in total. The van der Waals surface area contributed by atoms with E-state index in [1.165, 1.54) is 11.7 Å². The zero-order valence-electron chi connectivity index (χ0n) is 19.0. The average Bonchev–Trinajstić information content (AvgIpc) is 2.88. The Kier molecular flexibility index (Phi) is 7.32. The van der Waals surface area contributed by atoms with Crippen molar-refractivity contribution in [3.8, 4) is 17.2 Å². The summed E-state index contributed by atoms with van der Waals surface area (Å²) in [5.74, 6) is 0.547. The highest BCUT2D eigenvalue weighted by Crippen LogP contribution is 2.23. The fraction of sp³-hybridized carbons (Fsp3) is 0.120. The van der Waals surface area contributed by atoms with Gasteiger partial charge in [0.2, 0.25) is 5.91 Å². The molecule has 35 heavy (non-hydrogen) atoms. The summed E-state index contributed by atoms with van der Waals surface area (Å²) in [6, 6.07) is 20.0. The number of imide groups is 1. The number of hydrogen-bond acceptors (Lipinski definition) is 7. The number of thioether (sulfide) groups is 1. The van der Waals surface area contributed by atoms with Crippen molar-refractivity contribution in [1.29, 1.82) is 0 Å². The van der Waals surface area contributed by atoms with Crippen LogP contribution in [0.4, 0.5) is 10.5 Å². The normalized spacial score (nSPS) is 10.6. The summed E-state index contributed by atoms with van der Waals surface area (Å²) in [6.45, 7) is 0. The minimum atomic E-state index is -0.669. The number of rotatable bonds is 7. The van der Waals surface area contributed by atoms with Crippen LogP contribution in [0.5, 0.6) is 11.5 Å². The maximum atomic E-state index is 13.3. The molecule has 0 bridgehead atoms. The lowest BCUT2D eigenvalue weighted by molar-refractivity contribution is -0.117. The third kappa shape index (κ3) is 5.61. The first-order valence-electron chi connectivity index (χ1n) is 10.5. The van der Waals surface area contributed by atoms with Gasteiger partial charge in [0, 0.05) is 11.8 Å². The van der Waals surface area contributed by atoms with E-state index in [4.69, 9.17) is 9.47 Å². The molecule has 0 aliphatic heterocycles. The van der Waals surface area contributed by atoms with Crippen LogP contribution in [0.3, 0.4) is 0 Å². The third-order valence-corrected chi connectivity index (χ3v) is 5.93. The van der Waals surface area contributed by atoms with Crippen LogP contribution in [0.25, 0.3) is 16.6 Å². The molecule has 1 aromatic heterocycles. The Bertz CT molecular complexity index is 1440. The molecule has 0 radical (unpaired) electrons. The fourth-order valence-corrected chi connectivity index (χ4v) is 4.13. The van der Waals surface area contributed by atoms with Gasteiger partial charge in [0.1, 0.15) is 11.5 Å². The molecule has 3 aromatic carbocycles. The highest BCUT2D eigenvalue weighted by Gasteiger charge is 2.16. The molecule has 0 unspecified atom stereocenters. The first-order valence-corrected chi connectivity index (χ1v) is 11.5. The minimum Gasteiger partial charge on any atom is -0.497 e. The molecular weight excluding hydrogens is 468 g/mol. The van der Waals surface area contributed by atoms with Gasteiger partial charge in [-0.1, -0.05) is 30.0 Å². The molecule has 1 heterocycles. The van der Waals surface area contributed by atoms with Gasteiger partial charge in [-0.25, -0.2) is 9.78 Å². The molecule has 178 valence electrons. The topological polar surface area (TPSA) is 112 Å². The second kappa shape index (κ2) is 10.7. The predicted octanol–water partition coefficient (Wildman–Crippen LogP) is 3.84. The molecule has 9 nitrogen and oxygen atoms in total. The Morgan fingerprint density at radius 3 is 2.43 bits per heavy atom. The van der Waals surface area contributed by atoms with E-state index in [1.54, 1.807) is 79.9 Å².